The molecule has 0 unspecified atom stereocenters. The number of hydrogen-bond donors (Lipinski definition) is 2. The molecule has 1 aromatic heterocycles. The number of rotatable bonds is 3. The molecule has 0 saturated carbocycles. The summed E-state index contributed by atoms with van der Waals surface area (Å²) >= 11 is 0. The average Bonchev–Trinajstić information content (AvgIpc) is 2.40. The molecule has 1 aromatic rings. The average molecular weight is 249 g/mol. The number of anilines is 1. The van der Waals surface area contributed by atoms with Crippen molar-refractivity contribution in [3.8, 4) is 5.88 Å². The number of methoxy groups -OCH3 is 1. The van der Waals surface area contributed by atoms with Gasteiger partial charge in [-0.3, -0.25) is 9.59 Å². The molecule has 0 radical (unpaired) electrons. The van der Waals surface area contributed by atoms with Crippen molar-refractivity contribution in [1.29, 1.82) is 0 Å². The Morgan fingerprint density at radius 3 is 3.11 bits per heavy atom. The van der Waals surface area contributed by atoms with Gasteiger partial charge in [-0.15, -0.1) is 0 Å². The Labute approximate surface area is 105 Å². The minimum Gasteiger partial charge on any atom is -0.480 e. The van der Waals surface area contributed by atoms with E-state index in [9.17, 15) is 9.59 Å². The van der Waals surface area contributed by atoms with Crippen LogP contribution < -0.4 is 15.4 Å². The van der Waals surface area contributed by atoms with Crippen molar-refractivity contribution in [2.45, 2.75) is 12.8 Å². The van der Waals surface area contributed by atoms with E-state index in [2.05, 4.69) is 15.6 Å². The second-order valence-corrected chi connectivity index (χ2v) is 4.09. The van der Waals surface area contributed by atoms with Gasteiger partial charge in [0.25, 0.3) is 0 Å². The first-order valence-electron chi connectivity index (χ1n) is 5.77. The van der Waals surface area contributed by atoms with Crippen LogP contribution in [0.2, 0.25) is 0 Å². The number of nitrogens with zero attached hydrogens (tertiary/aromatic N) is 1. The smallest absolute Gasteiger partial charge is 0.237 e. The third-order valence-electron chi connectivity index (χ3n) is 2.86. The lowest BCUT2D eigenvalue weighted by molar-refractivity contribution is -0.126. The standard InChI is InChI=1S/C12H15N3O3/c1-18-12-9(3-2-6-13-12)15-11(17)8-4-5-10(16)14-7-8/h2-3,6,8H,4-5,7H2,1H3,(H,14,16)(H,15,17)/t8-/m1/s1. The van der Waals surface area contributed by atoms with Gasteiger partial charge in [-0.05, 0) is 18.6 Å². The van der Waals surface area contributed by atoms with Crippen LogP contribution in [0.3, 0.4) is 0 Å². The molecule has 0 spiro atoms. The Bertz CT molecular complexity index is 452. The number of carbonyl (C=O) groups is 2. The SMILES string of the molecule is COc1ncccc1NC(=O)[C@@H]1CCC(=O)NC1. The number of hydrogen-bond acceptors (Lipinski definition) is 4. The molecule has 0 aliphatic carbocycles. The van der Waals surface area contributed by atoms with Crippen molar-refractivity contribution in [3.05, 3.63) is 18.3 Å². The zero-order valence-corrected chi connectivity index (χ0v) is 10.1. The predicted molar refractivity (Wildman–Crippen MR) is 65.2 cm³/mol. The van der Waals surface area contributed by atoms with Gasteiger partial charge in [-0.1, -0.05) is 0 Å². The lowest BCUT2D eigenvalue weighted by atomic mass is 9.98. The Balaban J connectivity index is 2.00. The summed E-state index contributed by atoms with van der Waals surface area (Å²) in [5.74, 6) is 0.0533. The Morgan fingerprint density at radius 2 is 2.44 bits per heavy atom. The van der Waals surface area contributed by atoms with Crippen molar-refractivity contribution in [2.24, 2.45) is 5.92 Å². The van der Waals surface area contributed by atoms with Gasteiger partial charge < -0.3 is 15.4 Å². The summed E-state index contributed by atoms with van der Waals surface area (Å²) in [4.78, 5) is 27.0. The van der Waals surface area contributed by atoms with Gasteiger partial charge in [0.2, 0.25) is 17.7 Å². The van der Waals surface area contributed by atoms with Crippen LogP contribution in [0.15, 0.2) is 18.3 Å². The summed E-state index contributed by atoms with van der Waals surface area (Å²) in [5.41, 5.74) is 0.543. The number of piperidine rings is 1. The summed E-state index contributed by atoms with van der Waals surface area (Å²) in [6.45, 7) is 0.382. The molecule has 1 aliphatic heterocycles. The lowest BCUT2D eigenvalue weighted by Crippen LogP contribution is -2.40. The van der Waals surface area contributed by atoms with Crippen molar-refractivity contribution < 1.29 is 14.3 Å². The Kier molecular flexibility index (Phi) is 3.76. The number of amides is 2. The van der Waals surface area contributed by atoms with E-state index < -0.39 is 0 Å². The first-order chi connectivity index (χ1) is 8.70. The molecule has 2 amide bonds. The van der Waals surface area contributed by atoms with E-state index in [1.807, 2.05) is 0 Å². The molecule has 1 atom stereocenters. The molecular weight excluding hydrogens is 234 g/mol. The van der Waals surface area contributed by atoms with Crippen molar-refractivity contribution in [2.75, 3.05) is 19.0 Å². The molecule has 2 heterocycles. The van der Waals surface area contributed by atoms with Crippen LogP contribution in [-0.4, -0.2) is 30.5 Å². The van der Waals surface area contributed by atoms with Crippen LogP contribution in [0.5, 0.6) is 5.88 Å². The Morgan fingerprint density at radius 1 is 1.61 bits per heavy atom. The van der Waals surface area contributed by atoms with E-state index in [4.69, 9.17) is 4.74 Å². The number of aromatic nitrogens is 1. The number of ether oxygens (including phenoxy) is 1. The fourth-order valence-electron chi connectivity index (χ4n) is 1.84. The molecule has 2 rings (SSSR count). The fraction of sp³-hybridized carbons (Fsp3) is 0.417. The molecular formula is C12H15N3O3. The monoisotopic (exact) mass is 249 g/mol. The lowest BCUT2D eigenvalue weighted by Gasteiger charge is -2.21. The van der Waals surface area contributed by atoms with Gasteiger partial charge >= 0.3 is 0 Å². The van der Waals surface area contributed by atoms with Crippen LogP contribution in [0.4, 0.5) is 5.69 Å². The van der Waals surface area contributed by atoms with Crippen molar-refractivity contribution in [3.63, 3.8) is 0 Å². The molecule has 0 aromatic carbocycles. The summed E-state index contributed by atoms with van der Waals surface area (Å²) in [6.07, 6.45) is 2.55. The zero-order valence-electron chi connectivity index (χ0n) is 10.1. The molecule has 1 aliphatic rings. The van der Waals surface area contributed by atoms with E-state index in [-0.39, 0.29) is 17.7 Å². The van der Waals surface area contributed by atoms with Gasteiger partial charge in [0.1, 0.15) is 5.69 Å². The highest BCUT2D eigenvalue weighted by molar-refractivity contribution is 5.94. The van der Waals surface area contributed by atoms with Gasteiger partial charge in [-0.25, -0.2) is 4.98 Å². The third-order valence-corrected chi connectivity index (χ3v) is 2.86. The summed E-state index contributed by atoms with van der Waals surface area (Å²) in [5, 5.41) is 5.45. The van der Waals surface area contributed by atoms with E-state index in [0.29, 0.717) is 31.0 Å². The van der Waals surface area contributed by atoms with Crippen LogP contribution >= 0.6 is 0 Å². The fourth-order valence-corrected chi connectivity index (χ4v) is 1.84. The maximum atomic E-state index is 12.0. The zero-order chi connectivity index (χ0) is 13.0. The molecule has 6 nitrogen and oxygen atoms in total. The van der Waals surface area contributed by atoms with Crippen molar-refractivity contribution in [1.82, 2.24) is 10.3 Å². The van der Waals surface area contributed by atoms with Gasteiger partial charge in [0.05, 0.1) is 13.0 Å². The first-order valence-corrected chi connectivity index (χ1v) is 5.77. The normalized spacial score (nSPS) is 18.9. The van der Waals surface area contributed by atoms with Crippen LogP contribution in [0, 0.1) is 5.92 Å². The topological polar surface area (TPSA) is 80.3 Å². The maximum absolute atomic E-state index is 12.0. The summed E-state index contributed by atoms with van der Waals surface area (Å²) < 4.78 is 5.06. The minimum atomic E-state index is -0.201. The van der Waals surface area contributed by atoms with Crippen LogP contribution in [-0.2, 0) is 9.59 Å². The highest BCUT2D eigenvalue weighted by atomic mass is 16.5. The molecule has 0 bridgehead atoms. The predicted octanol–water partition coefficient (Wildman–Crippen LogP) is 0.555. The van der Waals surface area contributed by atoms with Gasteiger partial charge in [0, 0.05) is 19.2 Å². The molecule has 18 heavy (non-hydrogen) atoms. The first kappa shape index (κ1) is 12.3. The van der Waals surface area contributed by atoms with Gasteiger partial charge in [0.15, 0.2) is 0 Å². The third kappa shape index (κ3) is 2.77. The molecule has 2 N–H and O–H groups in total. The molecule has 1 saturated heterocycles. The summed E-state index contributed by atoms with van der Waals surface area (Å²) in [7, 11) is 1.50. The highest BCUT2D eigenvalue weighted by Gasteiger charge is 2.25. The number of carbonyl (C=O) groups excluding carboxylic acids is 2. The molecule has 1 fully saturated rings. The minimum absolute atomic E-state index is 0.00184. The second-order valence-electron chi connectivity index (χ2n) is 4.09. The molecule has 96 valence electrons. The van der Waals surface area contributed by atoms with E-state index in [0.717, 1.165) is 0 Å². The van der Waals surface area contributed by atoms with Crippen LogP contribution in [0.1, 0.15) is 12.8 Å². The van der Waals surface area contributed by atoms with Crippen LogP contribution in [0.25, 0.3) is 0 Å². The van der Waals surface area contributed by atoms with E-state index >= 15 is 0 Å². The van der Waals surface area contributed by atoms with Gasteiger partial charge in [-0.2, -0.15) is 0 Å². The maximum Gasteiger partial charge on any atom is 0.237 e. The largest absolute Gasteiger partial charge is 0.480 e. The second kappa shape index (κ2) is 5.48. The quantitative estimate of drug-likeness (QED) is 0.820. The van der Waals surface area contributed by atoms with Crippen molar-refractivity contribution >= 4 is 17.5 Å². The number of pyridine rings is 1. The number of nitrogens with one attached hydrogen (secondary N) is 2. The summed E-state index contributed by atoms with van der Waals surface area (Å²) in [6, 6.07) is 3.45. The molecule has 6 heteroatoms. The van der Waals surface area contributed by atoms with E-state index in [1.54, 1.807) is 18.3 Å². The Hall–Kier alpha value is -2.11. The van der Waals surface area contributed by atoms with E-state index in [1.165, 1.54) is 7.11 Å². The highest BCUT2D eigenvalue weighted by Crippen LogP contribution is 2.21.